The lowest BCUT2D eigenvalue weighted by Gasteiger charge is -2.10. The molecular weight excluding hydrogens is 394 g/mol. The predicted molar refractivity (Wildman–Crippen MR) is 120 cm³/mol. The molecule has 0 radical (unpaired) electrons. The highest BCUT2D eigenvalue weighted by molar-refractivity contribution is 6.06. The van der Waals surface area contributed by atoms with E-state index in [0.717, 1.165) is 11.3 Å². The van der Waals surface area contributed by atoms with E-state index in [1.165, 1.54) is 13.2 Å². The zero-order valence-corrected chi connectivity index (χ0v) is 17.2. The molecule has 1 aromatic heterocycles. The Hall–Kier alpha value is -4.06. The summed E-state index contributed by atoms with van der Waals surface area (Å²) in [5, 5.41) is 3.26. The molecule has 0 saturated carbocycles. The van der Waals surface area contributed by atoms with Gasteiger partial charge in [0.05, 0.1) is 24.7 Å². The van der Waals surface area contributed by atoms with E-state index >= 15 is 0 Å². The van der Waals surface area contributed by atoms with E-state index in [9.17, 15) is 9.59 Å². The molecular formula is C25H21NO5. The van der Waals surface area contributed by atoms with Gasteiger partial charge in [-0.05, 0) is 55.5 Å². The zero-order valence-electron chi connectivity index (χ0n) is 17.2. The van der Waals surface area contributed by atoms with Gasteiger partial charge in [-0.1, -0.05) is 12.1 Å². The minimum absolute atomic E-state index is 0.160. The van der Waals surface area contributed by atoms with Crippen LogP contribution in [0.15, 0.2) is 82.0 Å². The Labute approximate surface area is 179 Å². The fourth-order valence-corrected chi connectivity index (χ4v) is 3.29. The van der Waals surface area contributed by atoms with Crippen molar-refractivity contribution in [2.45, 2.75) is 6.92 Å². The summed E-state index contributed by atoms with van der Waals surface area (Å²) in [4.78, 5) is 25.3. The molecule has 0 aliphatic rings. The lowest BCUT2D eigenvalue weighted by Crippen LogP contribution is -2.13. The van der Waals surface area contributed by atoms with Crippen LogP contribution in [0.2, 0.25) is 0 Å². The van der Waals surface area contributed by atoms with E-state index in [1.807, 2.05) is 31.2 Å². The second-order valence-electron chi connectivity index (χ2n) is 6.80. The Morgan fingerprint density at radius 1 is 1.00 bits per heavy atom. The average Bonchev–Trinajstić information content (AvgIpc) is 2.79. The summed E-state index contributed by atoms with van der Waals surface area (Å²) >= 11 is 0. The number of para-hydroxylation sites is 1. The number of carbonyl (C=O) groups excluding carboxylic acids is 1. The molecule has 0 aliphatic heterocycles. The molecule has 1 N–H and O–H groups in total. The van der Waals surface area contributed by atoms with E-state index in [2.05, 4.69) is 5.32 Å². The molecule has 3 aromatic carbocycles. The molecule has 0 aliphatic carbocycles. The van der Waals surface area contributed by atoms with Crippen LogP contribution in [0, 0.1) is 0 Å². The Bertz CT molecular complexity index is 1290. The molecule has 6 heteroatoms. The fourth-order valence-electron chi connectivity index (χ4n) is 3.29. The van der Waals surface area contributed by atoms with E-state index in [1.54, 1.807) is 42.5 Å². The van der Waals surface area contributed by atoms with Gasteiger partial charge in [-0.2, -0.15) is 0 Å². The third-order valence-electron chi connectivity index (χ3n) is 4.79. The quantitative estimate of drug-likeness (QED) is 0.473. The maximum atomic E-state index is 12.7. The molecule has 4 rings (SSSR count). The summed E-state index contributed by atoms with van der Waals surface area (Å²) in [5.74, 6) is 1.34. The standard InChI is InChI=1S/C25H21NO5/c1-3-30-18-11-8-16(9-12-18)23-15-21(27)19-13-10-17(14-24(19)31-23)26-25(28)20-6-4-5-7-22(20)29-2/h4-15H,3H2,1-2H3,(H,26,28). The molecule has 1 amide bonds. The second kappa shape index (κ2) is 8.75. The first-order valence-electron chi connectivity index (χ1n) is 9.84. The van der Waals surface area contributed by atoms with E-state index in [-0.39, 0.29) is 11.3 Å². The molecule has 0 bridgehead atoms. The van der Waals surface area contributed by atoms with Gasteiger partial charge < -0.3 is 19.2 Å². The predicted octanol–water partition coefficient (Wildman–Crippen LogP) is 5.12. The molecule has 6 nitrogen and oxygen atoms in total. The molecule has 31 heavy (non-hydrogen) atoms. The Kier molecular flexibility index (Phi) is 5.71. The molecule has 0 atom stereocenters. The summed E-state index contributed by atoms with van der Waals surface area (Å²) in [6.45, 7) is 2.49. The van der Waals surface area contributed by atoms with Crippen LogP contribution >= 0.6 is 0 Å². The van der Waals surface area contributed by atoms with Gasteiger partial charge in [0.1, 0.15) is 22.8 Å². The number of nitrogens with one attached hydrogen (secondary N) is 1. The summed E-state index contributed by atoms with van der Waals surface area (Å²) in [6.07, 6.45) is 0. The number of carbonyl (C=O) groups is 1. The van der Waals surface area contributed by atoms with Gasteiger partial charge >= 0.3 is 0 Å². The highest BCUT2D eigenvalue weighted by atomic mass is 16.5. The molecule has 0 fully saturated rings. The van der Waals surface area contributed by atoms with Crippen LogP contribution in [0.4, 0.5) is 5.69 Å². The second-order valence-corrected chi connectivity index (χ2v) is 6.80. The SMILES string of the molecule is CCOc1ccc(-c2cc(=O)c3ccc(NC(=O)c4ccccc4OC)cc3o2)cc1. The van der Waals surface area contributed by atoms with Crippen molar-refractivity contribution < 1.29 is 18.7 Å². The van der Waals surface area contributed by atoms with Crippen molar-refractivity contribution in [2.24, 2.45) is 0 Å². The number of benzene rings is 3. The fraction of sp³-hybridized carbons (Fsp3) is 0.120. The Balaban J connectivity index is 1.66. The van der Waals surface area contributed by atoms with Crippen molar-refractivity contribution in [1.29, 1.82) is 0 Å². The number of anilines is 1. The Morgan fingerprint density at radius 2 is 1.77 bits per heavy atom. The maximum Gasteiger partial charge on any atom is 0.259 e. The number of fused-ring (bicyclic) bond motifs is 1. The highest BCUT2D eigenvalue weighted by Crippen LogP contribution is 2.26. The van der Waals surface area contributed by atoms with Crippen molar-refractivity contribution in [2.75, 3.05) is 19.0 Å². The zero-order chi connectivity index (χ0) is 21.8. The van der Waals surface area contributed by atoms with Crippen LogP contribution in [0.25, 0.3) is 22.3 Å². The van der Waals surface area contributed by atoms with Gasteiger partial charge in [0.25, 0.3) is 5.91 Å². The van der Waals surface area contributed by atoms with E-state index in [4.69, 9.17) is 13.9 Å². The number of methoxy groups -OCH3 is 1. The lowest BCUT2D eigenvalue weighted by molar-refractivity contribution is 0.102. The minimum Gasteiger partial charge on any atom is -0.496 e. The first kappa shape index (κ1) is 20.2. The van der Waals surface area contributed by atoms with Crippen molar-refractivity contribution in [1.82, 2.24) is 0 Å². The number of hydrogen-bond acceptors (Lipinski definition) is 5. The van der Waals surface area contributed by atoms with Gasteiger partial charge in [-0.3, -0.25) is 9.59 Å². The van der Waals surface area contributed by atoms with Crippen LogP contribution in [-0.2, 0) is 0 Å². The third kappa shape index (κ3) is 4.28. The van der Waals surface area contributed by atoms with Crippen LogP contribution in [0.5, 0.6) is 11.5 Å². The summed E-state index contributed by atoms with van der Waals surface area (Å²) in [5.41, 5.74) is 1.90. The van der Waals surface area contributed by atoms with Crippen molar-refractivity contribution >= 4 is 22.6 Å². The number of rotatable bonds is 6. The molecule has 0 spiro atoms. The first-order chi connectivity index (χ1) is 15.1. The van der Waals surface area contributed by atoms with Gasteiger partial charge in [-0.15, -0.1) is 0 Å². The molecule has 4 aromatic rings. The van der Waals surface area contributed by atoms with Gasteiger partial charge in [0.2, 0.25) is 0 Å². The third-order valence-corrected chi connectivity index (χ3v) is 4.79. The van der Waals surface area contributed by atoms with Crippen molar-refractivity contribution in [3.63, 3.8) is 0 Å². The van der Waals surface area contributed by atoms with Gasteiger partial charge in [0, 0.05) is 23.4 Å². The molecule has 1 heterocycles. The van der Waals surface area contributed by atoms with Crippen LogP contribution in [0.3, 0.4) is 0 Å². The number of amides is 1. The van der Waals surface area contributed by atoms with Crippen LogP contribution in [0.1, 0.15) is 17.3 Å². The van der Waals surface area contributed by atoms with E-state index in [0.29, 0.717) is 40.3 Å². The lowest BCUT2D eigenvalue weighted by atomic mass is 10.1. The Morgan fingerprint density at radius 3 is 2.52 bits per heavy atom. The summed E-state index contributed by atoms with van der Waals surface area (Å²) in [7, 11) is 1.51. The van der Waals surface area contributed by atoms with Gasteiger partial charge in [0.15, 0.2) is 5.43 Å². The minimum atomic E-state index is -0.318. The maximum absolute atomic E-state index is 12.7. The van der Waals surface area contributed by atoms with E-state index < -0.39 is 0 Å². The normalized spacial score (nSPS) is 10.6. The van der Waals surface area contributed by atoms with Crippen LogP contribution < -0.4 is 20.2 Å². The molecule has 156 valence electrons. The number of ether oxygens (including phenoxy) is 2. The van der Waals surface area contributed by atoms with Crippen molar-refractivity contribution in [3.05, 3.63) is 88.6 Å². The molecule has 0 saturated heterocycles. The average molecular weight is 415 g/mol. The molecule has 0 unspecified atom stereocenters. The van der Waals surface area contributed by atoms with Crippen LogP contribution in [-0.4, -0.2) is 19.6 Å². The smallest absolute Gasteiger partial charge is 0.259 e. The monoisotopic (exact) mass is 415 g/mol. The highest BCUT2D eigenvalue weighted by Gasteiger charge is 2.13. The van der Waals surface area contributed by atoms with Crippen molar-refractivity contribution in [3.8, 4) is 22.8 Å². The number of hydrogen-bond donors (Lipinski definition) is 1. The first-order valence-corrected chi connectivity index (χ1v) is 9.84. The topological polar surface area (TPSA) is 77.8 Å². The van der Waals surface area contributed by atoms with Gasteiger partial charge in [-0.25, -0.2) is 0 Å². The summed E-state index contributed by atoms with van der Waals surface area (Å²) in [6, 6.07) is 20.7. The summed E-state index contributed by atoms with van der Waals surface area (Å²) < 4.78 is 16.7. The largest absolute Gasteiger partial charge is 0.496 e.